The van der Waals surface area contributed by atoms with Gasteiger partial charge in [-0.3, -0.25) is 0 Å². The predicted molar refractivity (Wildman–Crippen MR) is 75.5 cm³/mol. The van der Waals surface area contributed by atoms with E-state index >= 15 is 0 Å². The van der Waals surface area contributed by atoms with E-state index in [1.54, 1.807) is 0 Å². The number of carboxylic acids is 4. The SMILES string of the molecule is O=C(O)C[As](CCC[As](CC(=O)O)CC(=O)O)CC(=O)O. The van der Waals surface area contributed by atoms with Crippen LogP contribution in [-0.2, 0) is 19.2 Å². The van der Waals surface area contributed by atoms with Crippen LogP contribution in [0.4, 0.5) is 0 Å². The van der Waals surface area contributed by atoms with Crippen molar-refractivity contribution < 1.29 is 39.6 Å². The van der Waals surface area contributed by atoms with Crippen molar-refractivity contribution in [1.29, 1.82) is 0 Å². The zero-order valence-corrected chi connectivity index (χ0v) is 15.0. The first kappa shape index (κ1) is 20.0. The van der Waals surface area contributed by atoms with Crippen LogP contribution in [0.15, 0.2) is 0 Å². The third-order valence-corrected chi connectivity index (χ3v) is 12.4. The van der Waals surface area contributed by atoms with Gasteiger partial charge in [0.2, 0.25) is 0 Å². The molecule has 0 saturated carbocycles. The van der Waals surface area contributed by atoms with Gasteiger partial charge in [-0.15, -0.1) is 0 Å². The van der Waals surface area contributed by atoms with Crippen LogP contribution < -0.4 is 0 Å². The van der Waals surface area contributed by atoms with Crippen LogP contribution in [0.1, 0.15) is 6.42 Å². The van der Waals surface area contributed by atoms with E-state index in [-0.39, 0.29) is 20.8 Å². The van der Waals surface area contributed by atoms with Crippen molar-refractivity contribution in [2.75, 3.05) is 0 Å². The van der Waals surface area contributed by atoms with Gasteiger partial charge in [0.25, 0.3) is 0 Å². The van der Waals surface area contributed by atoms with Crippen molar-refractivity contribution >= 4 is 53.2 Å². The van der Waals surface area contributed by atoms with E-state index in [1.165, 1.54) is 0 Å². The first-order valence-corrected chi connectivity index (χ1v) is 14.0. The summed E-state index contributed by atoms with van der Waals surface area (Å²) < 4.78 is 0. The topological polar surface area (TPSA) is 149 Å². The van der Waals surface area contributed by atoms with Gasteiger partial charge in [-0.05, 0) is 0 Å². The van der Waals surface area contributed by atoms with Gasteiger partial charge < -0.3 is 0 Å². The molecular formula is C11H18As2O8. The molecule has 0 amide bonds. The minimum absolute atomic E-state index is 0.107. The van der Waals surface area contributed by atoms with Crippen molar-refractivity contribution in [2.24, 2.45) is 0 Å². The molecule has 0 unspecified atom stereocenters. The fourth-order valence-corrected chi connectivity index (χ4v) is 10.4. The van der Waals surface area contributed by atoms with Crippen LogP contribution in [0.2, 0.25) is 31.3 Å². The first-order valence-electron chi connectivity index (χ1n) is 6.02. The Morgan fingerprint density at radius 3 is 1.00 bits per heavy atom. The Kier molecular flexibility index (Phi) is 10.2. The molecule has 0 aromatic rings. The van der Waals surface area contributed by atoms with Crippen LogP contribution in [0.3, 0.4) is 0 Å². The fourth-order valence-electron chi connectivity index (χ4n) is 1.71. The quantitative estimate of drug-likeness (QED) is 0.332. The van der Waals surface area contributed by atoms with Crippen molar-refractivity contribution in [1.82, 2.24) is 0 Å². The van der Waals surface area contributed by atoms with E-state index in [0.717, 1.165) is 0 Å². The molecule has 0 aliphatic carbocycles. The standard InChI is InChI=1S/C11H18As2O8/c14-8(15)4-12(5-9(16)17)2-1-3-13(6-10(18)19)7-11(20)21/h1-7H2,(H,14,15)(H,16,17)(H,18,19)(H,20,21). The van der Waals surface area contributed by atoms with E-state index in [9.17, 15) is 19.2 Å². The van der Waals surface area contributed by atoms with Gasteiger partial charge in [0, 0.05) is 0 Å². The molecule has 0 aliphatic heterocycles. The molecule has 21 heavy (non-hydrogen) atoms. The van der Waals surface area contributed by atoms with Crippen LogP contribution in [-0.4, -0.2) is 73.6 Å². The van der Waals surface area contributed by atoms with Gasteiger partial charge in [-0.25, -0.2) is 0 Å². The predicted octanol–water partition coefficient (Wildman–Crippen LogP) is 0.704. The number of hydrogen-bond acceptors (Lipinski definition) is 4. The monoisotopic (exact) mass is 428 g/mol. The molecular weight excluding hydrogens is 410 g/mol. The van der Waals surface area contributed by atoms with Gasteiger partial charge in [0.05, 0.1) is 0 Å². The zero-order valence-electron chi connectivity index (χ0n) is 11.3. The molecule has 0 bridgehead atoms. The molecule has 0 radical (unpaired) electrons. The Morgan fingerprint density at radius 2 is 0.810 bits per heavy atom. The number of carbonyl (C=O) groups is 4. The molecule has 0 spiro atoms. The van der Waals surface area contributed by atoms with Gasteiger partial charge in [0.1, 0.15) is 0 Å². The van der Waals surface area contributed by atoms with Crippen molar-refractivity contribution in [3.05, 3.63) is 0 Å². The molecule has 0 fully saturated rings. The van der Waals surface area contributed by atoms with Crippen molar-refractivity contribution in [2.45, 2.75) is 37.7 Å². The Hall–Kier alpha value is -1.00. The minimum atomic E-state index is -2.02. The maximum atomic E-state index is 10.7. The van der Waals surface area contributed by atoms with Crippen LogP contribution in [0.5, 0.6) is 0 Å². The van der Waals surface area contributed by atoms with Crippen LogP contribution in [0.25, 0.3) is 0 Å². The van der Waals surface area contributed by atoms with E-state index in [4.69, 9.17) is 20.4 Å². The normalized spacial score (nSPS) is 10.8. The third kappa shape index (κ3) is 12.4. The second-order valence-electron chi connectivity index (χ2n) is 4.35. The summed E-state index contributed by atoms with van der Waals surface area (Å²) in [6.45, 7) is 0. The summed E-state index contributed by atoms with van der Waals surface area (Å²) in [5.41, 5.74) is 0. The van der Waals surface area contributed by atoms with Gasteiger partial charge >= 0.3 is 130 Å². The third-order valence-electron chi connectivity index (χ3n) is 2.38. The number of carboxylic acid groups (broad SMARTS) is 4. The molecule has 4 N–H and O–H groups in total. The number of rotatable bonds is 12. The molecule has 0 rings (SSSR count). The van der Waals surface area contributed by atoms with E-state index in [1.807, 2.05) is 0 Å². The Balaban J connectivity index is 4.34. The zero-order chi connectivity index (χ0) is 16.4. The molecule has 0 aromatic heterocycles. The summed E-state index contributed by atoms with van der Waals surface area (Å²) in [6.07, 6.45) is 0.529. The fraction of sp³-hybridized carbons (Fsp3) is 0.636. The summed E-state index contributed by atoms with van der Waals surface area (Å²) in [4.78, 5) is 42.7. The molecule has 0 aliphatic rings. The Morgan fingerprint density at radius 1 is 0.571 bits per heavy atom. The second-order valence-corrected chi connectivity index (χ2v) is 14.5. The summed E-state index contributed by atoms with van der Waals surface area (Å²) in [5.74, 6) is -4.05. The average Bonchev–Trinajstić information content (AvgIpc) is 2.24. The second kappa shape index (κ2) is 10.7. The summed E-state index contributed by atoms with van der Waals surface area (Å²) >= 11 is -4.04. The van der Waals surface area contributed by atoms with Gasteiger partial charge in [0.15, 0.2) is 0 Å². The molecule has 0 heterocycles. The number of hydrogen-bond donors (Lipinski definition) is 4. The van der Waals surface area contributed by atoms with Crippen LogP contribution >= 0.6 is 0 Å². The Bertz CT molecular complexity index is 330. The molecule has 10 heteroatoms. The van der Waals surface area contributed by atoms with Gasteiger partial charge in [-0.2, -0.15) is 0 Å². The number of aliphatic carboxylic acids is 4. The van der Waals surface area contributed by atoms with Crippen molar-refractivity contribution in [3.63, 3.8) is 0 Å². The molecule has 0 atom stereocenters. The molecule has 0 saturated heterocycles. The first-order chi connectivity index (χ1) is 9.70. The van der Waals surface area contributed by atoms with Gasteiger partial charge in [-0.1, -0.05) is 0 Å². The van der Waals surface area contributed by atoms with Crippen molar-refractivity contribution in [3.8, 4) is 0 Å². The van der Waals surface area contributed by atoms with E-state index in [0.29, 0.717) is 16.8 Å². The van der Waals surface area contributed by atoms with E-state index in [2.05, 4.69) is 0 Å². The Labute approximate surface area is 130 Å². The summed E-state index contributed by atoms with van der Waals surface area (Å²) in [5, 5.41) is 35.5. The summed E-state index contributed by atoms with van der Waals surface area (Å²) in [6, 6.07) is 0. The summed E-state index contributed by atoms with van der Waals surface area (Å²) in [7, 11) is 0. The molecule has 8 nitrogen and oxygen atoms in total. The van der Waals surface area contributed by atoms with E-state index < -0.39 is 53.2 Å². The molecule has 0 aromatic carbocycles. The maximum absolute atomic E-state index is 10.7. The van der Waals surface area contributed by atoms with Crippen LogP contribution in [0, 0.1) is 0 Å². The molecule has 120 valence electrons. The average molecular weight is 428 g/mol.